The van der Waals surface area contributed by atoms with E-state index < -0.39 is 160 Å². The van der Waals surface area contributed by atoms with Crippen molar-refractivity contribution in [3.63, 3.8) is 0 Å². The Bertz CT molecular complexity index is 6680. The van der Waals surface area contributed by atoms with Crippen LogP contribution < -0.4 is 59.6 Å². The molecule has 3 aromatic carbocycles. The van der Waals surface area contributed by atoms with Gasteiger partial charge in [0.25, 0.3) is 21.6 Å². The van der Waals surface area contributed by atoms with E-state index in [1.807, 2.05) is 63.2 Å². The topological polar surface area (TPSA) is 676 Å². The lowest BCUT2D eigenvalue weighted by atomic mass is 9.84. The van der Waals surface area contributed by atoms with Gasteiger partial charge in [-0.3, -0.25) is 87.9 Å². The number of carboxylic acids is 2. The minimum absolute atomic E-state index is 0.00529. The zero-order valence-electron chi connectivity index (χ0n) is 77.1. The average Bonchev–Trinajstić information content (AvgIpc) is 1.56. The minimum atomic E-state index is -4.55. The Morgan fingerprint density at radius 2 is 1.32 bits per heavy atom. The highest BCUT2D eigenvalue weighted by Crippen LogP contribution is 2.49. The van der Waals surface area contributed by atoms with E-state index in [2.05, 4.69) is 91.3 Å². The molecule has 9 aromatic rings. The summed E-state index contributed by atoms with van der Waals surface area (Å²) < 4.78 is 42.7. The van der Waals surface area contributed by atoms with Crippen LogP contribution in [0.3, 0.4) is 0 Å². The summed E-state index contributed by atoms with van der Waals surface area (Å²) in [5, 5.41) is 59.2. The second-order valence-electron chi connectivity index (χ2n) is 34.1. The van der Waals surface area contributed by atoms with Crippen molar-refractivity contribution in [2.75, 3.05) is 68.2 Å². The summed E-state index contributed by atoms with van der Waals surface area (Å²) >= 11 is 0. The number of nitrogens with one attached hydrogen (secondary N) is 14. The number of fused-ring (bicyclic) bond motifs is 10. The number of nitrogen functional groups attached to an aromatic ring is 2. The van der Waals surface area contributed by atoms with Gasteiger partial charge in [-0.2, -0.15) is 13.4 Å². The fourth-order valence-corrected chi connectivity index (χ4v) is 19.3. The Morgan fingerprint density at radius 3 is 2.03 bits per heavy atom. The molecule has 0 fully saturated rings. The number of anilines is 2. The molecule has 2 aliphatic heterocycles. The van der Waals surface area contributed by atoms with Gasteiger partial charge in [0.1, 0.15) is 48.1 Å². The third-order valence-corrected chi connectivity index (χ3v) is 27.5. The summed E-state index contributed by atoms with van der Waals surface area (Å²) in [5.74, 6) is -15.7. The predicted octanol–water partition coefficient (Wildman–Crippen LogP) is 7.61. The first kappa shape index (κ1) is 103. The van der Waals surface area contributed by atoms with Crippen molar-refractivity contribution in [1.29, 1.82) is 10.8 Å². The largest absolute Gasteiger partial charge is 0.480 e. The monoisotopic (exact) mass is 1960 g/mol. The van der Waals surface area contributed by atoms with Crippen LogP contribution in [0.4, 0.5) is 11.6 Å². The SMILES string of the molecule is CC[C@H]1c2cc3[nH]c4c(c3C)C(=O)C(C(=O)OC)c4c3nc(cc4[nH]c(cc(n2)[C@@H]1C)c(C(C)=O)c4C)[C@@H](C)[C@@H]3CCC(=O)NCCCC(NC(=O)CCNC(=N)c1ccc(-c2cc3ccc(C(=N)N)cc3[nH]2)cc1)C(=O)NCCCC(=O)OCCSSC[C@H](NC(=O)[C@@H](CC(=O)CC[C@H](NC(=O)c1ccc(NCc2cnc3nc(N)[nH]c(=O)c3n2)cc1)C(=O)O)CC(=O)NCCS(=O)(=O)O)C(=O)O. The smallest absolute Gasteiger partial charge is 0.327 e. The number of carbonyl (C=O) groups is 13. The Kier molecular flexibility index (Phi) is 34.6. The molecule has 734 valence electrons. The number of aromatic amines is 4. The lowest BCUT2D eigenvalue weighted by Crippen LogP contribution is -2.47. The van der Waals surface area contributed by atoms with Crippen molar-refractivity contribution in [1.82, 2.24) is 82.1 Å². The van der Waals surface area contributed by atoms with Gasteiger partial charge < -0.3 is 88.6 Å². The van der Waals surface area contributed by atoms with E-state index in [1.165, 1.54) is 44.5 Å². The first-order valence-corrected chi connectivity index (χ1v) is 49.1. The number of benzene rings is 3. The first-order valence-electron chi connectivity index (χ1n) is 45.0. The highest BCUT2D eigenvalue weighted by atomic mass is 33.1. The average molecular weight is 1970 g/mol. The van der Waals surface area contributed by atoms with Crippen molar-refractivity contribution in [3.8, 4) is 11.3 Å². The number of nitrogens with two attached hydrogens (primary N) is 2. The van der Waals surface area contributed by atoms with Gasteiger partial charge in [0.05, 0.1) is 53.9 Å². The maximum absolute atomic E-state index is 14.7. The Hall–Kier alpha value is -14.6. The molecule has 0 saturated carbocycles. The summed E-state index contributed by atoms with van der Waals surface area (Å²) in [5.41, 5.74) is 22.3. The standard InChI is InChI=1S/C94H109N21O21S3/c1-8-59-45(2)63-41-70-76(49(6)116)47(4)65(107-70)39-64-46(3)60(80(110-64)78-79(93(131)135-7)83(122)77-48(5)66(111-81(77)78)40-69(59)106-63)24-26-72(118)99-28-9-11-61(109-73(119)27-30-101-85(97)51-15-13-50(14-16-51)67-36-53-17-18-54(84(95)96)37-68(53)108-67)89(125)102-29-10-12-75(121)136-32-33-137-138-44-71(92(129)130)113-88(124)55(38-74(120)100-31-34-139(132,133)134)35-58(117)23-25-62(91(127)128)112-87(123)52-19-21-56(22-20-52)103-42-57-43-104-86-82(105-57)90(126)115-94(98)114-86/h13-22,36-37,39-41,43,45-46,55,59-62,71,79,103,107-108,111H,8-12,23-35,38,42,44H2,1-7H3,(H3,95,96)(H2,97,101)(H,99,118)(H,100,120)(H,102,125)(H,109,119)(H,112,123)(H,113,124)(H,127,128)(H,129,130)(H,132,133,134)(H3,98,104,114,115,126)/t45-,46+,55+,59-,60+,61?,62+,71+,79?/m1/s1. The number of amides is 6. The molecular formula is C94H109N21O21S3. The van der Waals surface area contributed by atoms with E-state index in [9.17, 15) is 90.3 Å². The molecule has 6 amide bonds. The molecule has 1 aliphatic carbocycles. The lowest BCUT2D eigenvalue weighted by molar-refractivity contribution is -0.143. The van der Waals surface area contributed by atoms with Gasteiger partial charge in [-0.15, -0.1) is 0 Å². The second-order valence-corrected chi connectivity index (χ2v) is 38.3. The van der Waals surface area contributed by atoms with E-state index in [0.717, 1.165) is 61.6 Å². The highest BCUT2D eigenvalue weighted by molar-refractivity contribution is 8.76. The number of H-pyrrole nitrogens is 4. The second kappa shape index (κ2) is 46.5. The van der Waals surface area contributed by atoms with Crippen LogP contribution in [-0.2, 0) is 74.1 Å². The molecule has 3 aliphatic rings. The molecule has 9 atom stereocenters. The number of hydrogen-bond acceptors (Lipinski definition) is 29. The van der Waals surface area contributed by atoms with Gasteiger partial charge in [-0.05, 0) is 131 Å². The van der Waals surface area contributed by atoms with Crippen LogP contribution >= 0.6 is 21.6 Å². The molecule has 8 heterocycles. The number of amidine groups is 2. The summed E-state index contributed by atoms with van der Waals surface area (Å²) in [6.45, 7) is 10.5. The first-order chi connectivity index (χ1) is 66.2. The molecule has 0 radical (unpaired) electrons. The maximum atomic E-state index is 14.7. The number of Topliss-reactive ketones (excluding diaryl/α,β-unsaturated/α-hetero) is 3. The minimum Gasteiger partial charge on any atom is -0.480 e. The summed E-state index contributed by atoms with van der Waals surface area (Å²) in [6.07, 6.45) is -0.495. The molecule has 45 heteroatoms. The van der Waals surface area contributed by atoms with E-state index in [4.69, 9.17) is 41.7 Å². The summed E-state index contributed by atoms with van der Waals surface area (Å²) in [4.78, 5) is 224. The number of nitrogens with zero attached hydrogens (tertiary/aromatic N) is 5. The van der Waals surface area contributed by atoms with Gasteiger partial charge in [-0.1, -0.05) is 78.8 Å². The number of rotatable bonds is 47. The molecule has 0 saturated heterocycles. The quantitative estimate of drug-likeness (QED) is 0.00255. The third kappa shape index (κ3) is 26.4. The molecule has 12 rings (SSSR count). The number of ether oxygens (including phenoxy) is 2. The zero-order valence-corrected chi connectivity index (χ0v) is 79.5. The van der Waals surface area contributed by atoms with Crippen LogP contribution in [0.2, 0.25) is 0 Å². The molecule has 8 bridgehead atoms. The van der Waals surface area contributed by atoms with Gasteiger partial charge in [0.15, 0.2) is 22.7 Å². The zero-order chi connectivity index (χ0) is 100. The van der Waals surface area contributed by atoms with Crippen LogP contribution in [0.5, 0.6) is 0 Å². The molecule has 139 heavy (non-hydrogen) atoms. The molecule has 6 aromatic heterocycles. The van der Waals surface area contributed by atoms with Crippen molar-refractivity contribution >= 4 is 176 Å². The maximum Gasteiger partial charge on any atom is 0.327 e. The highest BCUT2D eigenvalue weighted by Gasteiger charge is 2.46. The summed E-state index contributed by atoms with van der Waals surface area (Å²) in [7, 11) is -1.33. The van der Waals surface area contributed by atoms with Crippen LogP contribution in [-0.4, -0.2) is 232 Å². The van der Waals surface area contributed by atoms with Crippen LogP contribution in [0.15, 0.2) is 102 Å². The van der Waals surface area contributed by atoms with Gasteiger partial charge in [0.2, 0.25) is 35.5 Å². The number of ketones is 3. The predicted molar refractivity (Wildman–Crippen MR) is 519 cm³/mol. The number of hydrogen-bond donors (Lipinski definition) is 19. The van der Waals surface area contributed by atoms with E-state index in [-0.39, 0.29) is 147 Å². The number of aromatic nitrogens is 9. The van der Waals surface area contributed by atoms with Crippen molar-refractivity contribution < 1.29 is 95.0 Å². The molecule has 0 spiro atoms. The molecule has 42 nitrogen and oxygen atoms in total. The van der Waals surface area contributed by atoms with Gasteiger partial charge in [0, 0.05) is 184 Å². The fourth-order valence-electron chi connectivity index (χ4n) is 17.0. The number of aryl methyl sites for hydroxylation is 2. The van der Waals surface area contributed by atoms with E-state index in [0.29, 0.717) is 83.8 Å². The molecular weight excluding hydrogens is 1860 g/mol. The number of carbonyl (C=O) groups excluding carboxylic acids is 11. The van der Waals surface area contributed by atoms with E-state index >= 15 is 0 Å². The molecule has 2 unspecified atom stereocenters. The van der Waals surface area contributed by atoms with Crippen LogP contribution in [0.1, 0.15) is 222 Å². The number of methoxy groups -OCH3 is 1. The Morgan fingerprint density at radius 1 is 0.640 bits per heavy atom. The molecule has 21 N–H and O–H groups in total. The number of carboxylic acid groups (broad SMARTS) is 2. The van der Waals surface area contributed by atoms with Crippen molar-refractivity contribution in [3.05, 3.63) is 181 Å². The summed E-state index contributed by atoms with van der Waals surface area (Å²) in [6, 6.07) is 21.5. The van der Waals surface area contributed by atoms with Crippen LogP contribution in [0.25, 0.3) is 55.4 Å². The number of esters is 2. The van der Waals surface area contributed by atoms with Crippen molar-refractivity contribution in [2.24, 2.45) is 11.7 Å². The Balaban J connectivity index is 0.634. The van der Waals surface area contributed by atoms with Crippen LogP contribution in [0, 0.1) is 30.6 Å². The third-order valence-electron chi connectivity index (χ3n) is 24.4. The van der Waals surface area contributed by atoms with Gasteiger partial charge in [-0.25, -0.2) is 19.6 Å². The normalized spacial score (nSPS) is 15.7. The fraction of sp³-hybridized carbons (Fsp3) is 0.394. The van der Waals surface area contributed by atoms with Crippen molar-refractivity contribution in [2.45, 2.75) is 173 Å². The van der Waals surface area contributed by atoms with E-state index in [1.54, 1.807) is 24.3 Å². The number of aliphatic carboxylic acids is 2. The Labute approximate surface area is 803 Å². The lowest BCUT2D eigenvalue weighted by Gasteiger charge is -2.20. The van der Waals surface area contributed by atoms with Gasteiger partial charge >= 0.3 is 23.9 Å².